The van der Waals surface area contributed by atoms with Crippen molar-refractivity contribution in [1.82, 2.24) is 9.97 Å². The molecule has 0 amide bonds. The van der Waals surface area contributed by atoms with Crippen LogP contribution >= 0.6 is 23.2 Å². The van der Waals surface area contributed by atoms with Gasteiger partial charge in [0.15, 0.2) is 5.82 Å². The van der Waals surface area contributed by atoms with Crippen LogP contribution in [-0.2, 0) is 4.74 Å². The van der Waals surface area contributed by atoms with E-state index < -0.39 is 0 Å². The van der Waals surface area contributed by atoms with Crippen LogP contribution in [-0.4, -0.2) is 42.7 Å². The van der Waals surface area contributed by atoms with E-state index in [1.54, 1.807) is 19.1 Å². The van der Waals surface area contributed by atoms with E-state index in [0.29, 0.717) is 19.0 Å². The number of nitrogens with zero attached hydrogens (tertiary/aromatic N) is 2. The SMILES string of the molecule is COCC(Cl)CN(C)c1nc[nH]c(=O)c1Cl. The molecule has 1 atom stereocenters. The van der Waals surface area contributed by atoms with Crippen LogP contribution in [0.2, 0.25) is 5.02 Å². The van der Waals surface area contributed by atoms with Crippen LogP contribution in [0.5, 0.6) is 0 Å². The summed E-state index contributed by atoms with van der Waals surface area (Å²) in [6, 6.07) is 0. The molecule has 0 aromatic carbocycles. The first-order valence-corrected chi connectivity index (χ1v) is 5.45. The summed E-state index contributed by atoms with van der Waals surface area (Å²) in [4.78, 5) is 19.3. The molecule has 1 unspecified atom stereocenters. The van der Waals surface area contributed by atoms with Crippen molar-refractivity contribution in [2.24, 2.45) is 0 Å². The summed E-state index contributed by atoms with van der Waals surface area (Å²) < 4.78 is 4.91. The van der Waals surface area contributed by atoms with Crippen molar-refractivity contribution >= 4 is 29.0 Å². The second kappa shape index (κ2) is 6.08. The second-order valence-corrected chi connectivity index (χ2v) is 4.30. The molecule has 0 aliphatic heterocycles. The van der Waals surface area contributed by atoms with Gasteiger partial charge in [0.05, 0.1) is 18.3 Å². The fourth-order valence-corrected chi connectivity index (χ4v) is 1.84. The van der Waals surface area contributed by atoms with Crippen LogP contribution in [0.3, 0.4) is 0 Å². The van der Waals surface area contributed by atoms with Gasteiger partial charge >= 0.3 is 0 Å². The highest BCUT2D eigenvalue weighted by molar-refractivity contribution is 6.32. The topological polar surface area (TPSA) is 58.2 Å². The molecule has 1 aromatic rings. The highest BCUT2D eigenvalue weighted by Crippen LogP contribution is 2.17. The Balaban J connectivity index is 2.76. The first kappa shape index (κ1) is 13.3. The molecule has 5 nitrogen and oxygen atoms in total. The Kier molecular flexibility index (Phi) is 5.05. The van der Waals surface area contributed by atoms with Gasteiger partial charge in [0.25, 0.3) is 5.56 Å². The summed E-state index contributed by atoms with van der Waals surface area (Å²) in [5.41, 5.74) is -0.364. The van der Waals surface area contributed by atoms with Gasteiger partial charge in [-0.3, -0.25) is 4.79 Å². The predicted octanol–water partition coefficient (Wildman–Crippen LogP) is 1.11. The van der Waals surface area contributed by atoms with Crippen molar-refractivity contribution < 1.29 is 4.74 Å². The number of alkyl halides is 1. The third-order valence-electron chi connectivity index (χ3n) is 1.96. The summed E-state index contributed by atoms with van der Waals surface area (Å²) >= 11 is 11.8. The molecule has 7 heteroatoms. The molecule has 1 N–H and O–H groups in total. The number of nitrogens with one attached hydrogen (secondary N) is 1. The second-order valence-electron chi connectivity index (χ2n) is 3.30. The normalized spacial score (nSPS) is 12.5. The number of ether oxygens (including phenoxy) is 1. The van der Waals surface area contributed by atoms with Crippen LogP contribution in [0, 0.1) is 0 Å². The van der Waals surface area contributed by atoms with Gasteiger partial charge in [0.2, 0.25) is 0 Å². The molecule has 0 fully saturated rings. The van der Waals surface area contributed by atoms with Crippen molar-refractivity contribution in [1.29, 1.82) is 0 Å². The zero-order chi connectivity index (χ0) is 12.1. The van der Waals surface area contributed by atoms with Gasteiger partial charge in [-0.05, 0) is 0 Å². The molecule has 1 aromatic heterocycles. The van der Waals surface area contributed by atoms with Crippen molar-refractivity contribution in [3.63, 3.8) is 0 Å². The third-order valence-corrected chi connectivity index (χ3v) is 2.56. The number of hydrogen-bond acceptors (Lipinski definition) is 4. The number of halogens is 2. The molecule has 0 saturated heterocycles. The summed E-state index contributed by atoms with van der Waals surface area (Å²) in [6.07, 6.45) is 1.31. The zero-order valence-corrected chi connectivity index (χ0v) is 10.5. The Labute approximate surface area is 103 Å². The molecule has 16 heavy (non-hydrogen) atoms. The summed E-state index contributed by atoms with van der Waals surface area (Å²) in [5.74, 6) is 0.409. The van der Waals surface area contributed by atoms with E-state index in [0.717, 1.165) is 0 Å². The number of methoxy groups -OCH3 is 1. The van der Waals surface area contributed by atoms with E-state index in [1.165, 1.54) is 6.33 Å². The Morgan fingerprint density at radius 3 is 3.00 bits per heavy atom. The summed E-state index contributed by atoms with van der Waals surface area (Å²) in [6.45, 7) is 0.915. The monoisotopic (exact) mass is 265 g/mol. The fraction of sp³-hybridized carbons (Fsp3) is 0.556. The Bertz CT molecular complexity index is 397. The van der Waals surface area contributed by atoms with Gasteiger partial charge in [0, 0.05) is 20.7 Å². The van der Waals surface area contributed by atoms with Crippen molar-refractivity contribution in [3.05, 3.63) is 21.7 Å². The maximum Gasteiger partial charge on any atom is 0.271 e. The number of rotatable bonds is 5. The number of H-pyrrole nitrogens is 1. The van der Waals surface area contributed by atoms with E-state index >= 15 is 0 Å². The molecule has 0 aliphatic carbocycles. The van der Waals surface area contributed by atoms with E-state index in [-0.39, 0.29) is 16.0 Å². The lowest BCUT2D eigenvalue weighted by molar-refractivity contribution is 0.199. The number of anilines is 1. The van der Waals surface area contributed by atoms with E-state index in [4.69, 9.17) is 27.9 Å². The molecule has 1 rings (SSSR count). The minimum absolute atomic E-state index is 0.0614. The molecular formula is C9H13Cl2N3O2. The van der Waals surface area contributed by atoms with Gasteiger partial charge in [-0.25, -0.2) is 4.98 Å². The Morgan fingerprint density at radius 2 is 2.38 bits per heavy atom. The lowest BCUT2D eigenvalue weighted by Gasteiger charge is -2.21. The van der Waals surface area contributed by atoms with Gasteiger partial charge < -0.3 is 14.6 Å². The fourth-order valence-electron chi connectivity index (χ4n) is 1.26. The molecule has 0 saturated carbocycles. The van der Waals surface area contributed by atoms with E-state index in [9.17, 15) is 4.79 Å². The van der Waals surface area contributed by atoms with E-state index in [2.05, 4.69) is 9.97 Å². The van der Waals surface area contributed by atoms with Crippen LogP contribution in [0.15, 0.2) is 11.1 Å². The largest absolute Gasteiger partial charge is 0.383 e. The molecule has 0 bridgehead atoms. The first-order valence-electron chi connectivity index (χ1n) is 4.63. The highest BCUT2D eigenvalue weighted by Gasteiger charge is 2.14. The predicted molar refractivity (Wildman–Crippen MR) is 64.7 cm³/mol. The lowest BCUT2D eigenvalue weighted by Crippen LogP contribution is -2.30. The maximum absolute atomic E-state index is 11.2. The standard InChI is InChI=1S/C9H13Cl2N3O2/c1-14(3-6(10)4-16-2)8-7(11)9(15)13-5-12-8/h5-6H,3-4H2,1-2H3,(H,12,13,15). The Morgan fingerprint density at radius 1 is 1.69 bits per heavy atom. The quantitative estimate of drug-likeness (QED) is 0.811. The maximum atomic E-state index is 11.2. The molecule has 0 aliphatic rings. The molecule has 0 radical (unpaired) electrons. The molecule has 0 spiro atoms. The minimum atomic E-state index is -0.364. The first-order chi connectivity index (χ1) is 7.56. The van der Waals surface area contributed by atoms with E-state index in [1.807, 2.05) is 0 Å². The van der Waals surface area contributed by atoms with Crippen LogP contribution in [0.1, 0.15) is 0 Å². The van der Waals surface area contributed by atoms with Gasteiger partial charge in [-0.1, -0.05) is 11.6 Å². The third kappa shape index (κ3) is 3.37. The summed E-state index contributed by atoms with van der Waals surface area (Å²) in [7, 11) is 3.34. The van der Waals surface area contributed by atoms with Gasteiger partial charge in [-0.2, -0.15) is 0 Å². The van der Waals surface area contributed by atoms with Gasteiger partial charge in [-0.15, -0.1) is 11.6 Å². The minimum Gasteiger partial charge on any atom is -0.383 e. The molecular weight excluding hydrogens is 253 g/mol. The smallest absolute Gasteiger partial charge is 0.271 e. The average Bonchev–Trinajstić information content (AvgIpc) is 2.22. The van der Waals surface area contributed by atoms with Crippen molar-refractivity contribution in [2.45, 2.75) is 5.38 Å². The van der Waals surface area contributed by atoms with Crippen LogP contribution in [0.25, 0.3) is 0 Å². The van der Waals surface area contributed by atoms with Gasteiger partial charge in [0.1, 0.15) is 5.02 Å². The highest BCUT2D eigenvalue weighted by atomic mass is 35.5. The lowest BCUT2D eigenvalue weighted by atomic mass is 10.4. The zero-order valence-electron chi connectivity index (χ0n) is 9.04. The van der Waals surface area contributed by atoms with Crippen LogP contribution in [0.4, 0.5) is 5.82 Å². The van der Waals surface area contributed by atoms with Crippen molar-refractivity contribution in [3.8, 4) is 0 Å². The van der Waals surface area contributed by atoms with Crippen molar-refractivity contribution in [2.75, 3.05) is 32.2 Å². The summed E-state index contributed by atoms with van der Waals surface area (Å²) in [5, 5.41) is -0.126. The Hall–Kier alpha value is -0.780. The molecule has 90 valence electrons. The average molecular weight is 266 g/mol. The van der Waals surface area contributed by atoms with Crippen LogP contribution < -0.4 is 10.5 Å². The number of aromatic nitrogens is 2. The number of aromatic amines is 1. The number of hydrogen-bond donors (Lipinski definition) is 1. The molecule has 1 heterocycles.